The van der Waals surface area contributed by atoms with E-state index in [4.69, 9.17) is 5.73 Å². The predicted octanol–water partition coefficient (Wildman–Crippen LogP) is 11.8. The lowest BCUT2D eigenvalue weighted by molar-refractivity contribution is -0.144. The van der Waals surface area contributed by atoms with E-state index in [0.717, 1.165) is 25.7 Å². The third-order valence-corrected chi connectivity index (χ3v) is 8.94. The first-order valence-corrected chi connectivity index (χ1v) is 19.2. The maximum atomic E-state index is 12.7. The number of amides is 2. The summed E-state index contributed by atoms with van der Waals surface area (Å²) < 4.78 is 0. The molecule has 42 heavy (non-hydrogen) atoms. The Morgan fingerprint density at radius 3 is 0.810 bits per heavy atom. The average molecular weight is 593 g/mol. The maximum Gasteiger partial charge on any atom is 0.229 e. The minimum atomic E-state index is -0.0129. The molecule has 4 nitrogen and oxygen atoms in total. The van der Waals surface area contributed by atoms with Gasteiger partial charge in [-0.15, -0.1) is 0 Å². The summed E-state index contributed by atoms with van der Waals surface area (Å²) in [5.74, 6) is -0.0257. The van der Waals surface area contributed by atoms with Crippen LogP contribution in [-0.4, -0.2) is 29.8 Å². The molecule has 0 radical (unpaired) electrons. The van der Waals surface area contributed by atoms with Crippen LogP contribution >= 0.6 is 0 Å². The summed E-state index contributed by atoms with van der Waals surface area (Å²) in [6, 6.07) is 0. The Kier molecular flexibility index (Phi) is 33.8. The third kappa shape index (κ3) is 29.2. The molecule has 0 rings (SSSR count). The predicted molar refractivity (Wildman–Crippen MR) is 185 cm³/mol. The summed E-state index contributed by atoms with van der Waals surface area (Å²) in [6.45, 7) is 5.29. The molecule has 0 aromatic carbocycles. The fraction of sp³-hybridized carbons (Fsp3) is 0.947. The second-order valence-electron chi connectivity index (χ2n) is 13.1. The number of rotatable bonds is 34. The van der Waals surface area contributed by atoms with Crippen molar-refractivity contribution in [3.8, 4) is 0 Å². The number of carbonyl (C=O) groups is 2. The zero-order valence-electron chi connectivity index (χ0n) is 28.9. The van der Waals surface area contributed by atoms with Crippen molar-refractivity contribution >= 4 is 11.8 Å². The monoisotopic (exact) mass is 593 g/mol. The van der Waals surface area contributed by atoms with Crippen LogP contribution in [0.4, 0.5) is 0 Å². The number of imide groups is 1. The highest BCUT2D eigenvalue weighted by atomic mass is 16.2. The fourth-order valence-corrected chi connectivity index (χ4v) is 6.08. The van der Waals surface area contributed by atoms with Crippen molar-refractivity contribution < 1.29 is 9.59 Å². The second-order valence-corrected chi connectivity index (χ2v) is 13.1. The van der Waals surface area contributed by atoms with Crippen LogP contribution in [0.3, 0.4) is 0 Å². The molecule has 0 atom stereocenters. The maximum absolute atomic E-state index is 12.7. The van der Waals surface area contributed by atoms with E-state index in [1.807, 2.05) is 0 Å². The van der Waals surface area contributed by atoms with Crippen molar-refractivity contribution in [2.75, 3.05) is 13.1 Å². The molecule has 2 amide bonds. The topological polar surface area (TPSA) is 63.4 Å². The molecular weight excluding hydrogens is 516 g/mol. The molecule has 0 unspecified atom stereocenters. The molecule has 0 aliphatic heterocycles. The Morgan fingerprint density at radius 2 is 0.595 bits per heavy atom. The van der Waals surface area contributed by atoms with Crippen LogP contribution in [-0.2, 0) is 9.59 Å². The van der Waals surface area contributed by atoms with Crippen molar-refractivity contribution in [3.63, 3.8) is 0 Å². The minimum absolute atomic E-state index is 0.0129. The SMILES string of the molecule is CCCCCCCCCCCCCCCCCC(=O)N(CCN)C(=O)CCCCCCCCCCCCCCCCC. The van der Waals surface area contributed by atoms with E-state index in [1.165, 1.54) is 172 Å². The van der Waals surface area contributed by atoms with Gasteiger partial charge in [-0.3, -0.25) is 14.5 Å². The molecule has 0 fully saturated rings. The largest absolute Gasteiger partial charge is 0.329 e. The van der Waals surface area contributed by atoms with E-state index in [2.05, 4.69) is 13.8 Å². The lowest BCUT2D eigenvalue weighted by atomic mass is 10.0. The zero-order chi connectivity index (χ0) is 30.8. The van der Waals surface area contributed by atoms with Gasteiger partial charge in [0.05, 0.1) is 0 Å². The van der Waals surface area contributed by atoms with Gasteiger partial charge in [0, 0.05) is 25.9 Å². The zero-order valence-corrected chi connectivity index (χ0v) is 28.9. The summed E-state index contributed by atoms with van der Waals surface area (Å²) >= 11 is 0. The first kappa shape index (κ1) is 41.1. The number of hydrogen-bond acceptors (Lipinski definition) is 3. The van der Waals surface area contributed by atoms with E-state index in [-0.39, 0.29) is 11.8 Å². The van der Waals surface area contributed by atoms with Crippen molar-refractivity contribution in [1.82, 2.24) is 4.90 Å². The van der Waals surface area contributed by atoms with Crippen molar-refractivity contribution in [2.45, 2.75) is 219 Å². The summed E-state index contributed by atoms with van der Waals surface area (Å²) in [7, 11) is 0. The summed E-state index contributed by atoms with van der Waals surface area (Å²) in [5.41, 5.74) is 5.73. The highest BCUT2D eigenvalue weighted by molar-refractivity contribution is 5.95. The van der Waals surface area contributed by atoms with Gasteiger partial charge < -0.3 is 5.73 Å². The Balaban J connectivity index is 3.64. The highest BCUT2D eigenvalue weighted by Gasteiger charge is 2.19. The first-order valence-electron chi connectivity index (χ1n) is 19.2. The van der Waals surface area contributed by atoms with Gasteiger partial charge in [-0.1, -0.05) is 194 Å². The number of nitrogens with zero attached hydrogens (tertiary/aromatic N) is 1. The van der Waals surface area contributed by atoms with Crippen LogP contribution in [0.2, 0.25) is 0 Å². The Bertz CT molecular complexity index is 519. The molecule has 0 saturated carbocycles. The van der Waals surface area contributed by atoms with Crippen LogP contribution in [0, 0.1) is 0 Å². The number of unbranched alkanes of at least 4 members (excludes halogenated alkanes) is 28. The van der Waals surface area contributed by atoms with E-state index in [0.29, 0.717) is 25.9 Å². The highest BCUT2D eigenvalue weighted by Crippen LogP contribution is 2.16. The average Bonchev–Trinajstić information content (AvgIpc) is 2.99. The lowest BCUT2D eigenvalue weighted by Gasteiger charge is -2.20. The molecule has 4 heteroatoms. The van der Waals surface area contributed by atoms with Crippen LogP contribution in [0.15, 0.2) is 0 Å². The number of hydrogen-bond donors (Lipinski definition) is 1. The Labute approximate surface area is 264 Å². The van der Waals surface area contributed by atoms with Gasteiger partial charge in [-0.25, -0.2) is 0 Å². The second kappa shape index (κ2) is 34.6. The third-order valence-electron chi connectivity index (χ3n) is 8.94. The van der Waals surface area contributed by atoms with Gasteiger partial charge in [0.15, 0.2) is 0 Å². The molecule has 0 saturated heterocycles. The molecule has 2 N–H and O–H groups in total. The normalized spacial score (nSPS) is 11.3. The Hall–Kier alpha value is -0.900. The van der Waals surface area contributed by atoms with Gasteiger partial charge in [0.25, 0.3) is 0 Å². The van der Waals surface area contributed by atoms with Crippen LogP contribution < -0.4 is 5.73 Å². The summed E-state index contributed by atoms with van der Waals surface area (Å²) in [5, 5.41) is 0. The molecule has 0 aliphatic carbocycles. The standard InChI is InChI=1S/C38H76N2O2/c1-3-5-7-9-11-13-15-17-19-21-23-25-27-29-31-33-37(41)40(36-35-39)38(42)34-32-30-28-26-24-22-20-18-16-14-12-10-8-6-4-2/h3-36,39H2,1-2H3. The van der Waals surface area contributed by atoms with Crippen molar-refractivity contribution in [3.05, 3.63) is 0 Å². The molecular formula is C38H76N2O2. The quantitative estimate of drug-likeness (QED) is 0.0756. The van der Waals surface area contributed by atoms with E-state index < -0.39 is 0 Å². The van der Waals surface area contributed by atoms with Gasteiger partial charge >= 0.3 is 0 Å². The molecule has 0 bridgehead atoms. The fourth-order valence-electron chi connectivity index (χ4n) is 6.08. The molecule has 0 aromatic rings. The number of nitrogens with two attached hydrogens (primary N) is 1. The van der Waals surface area contributed by atoms with Gasteiger partial charge in [0.1, 0.15) is 0 Å². The van der Waals surface area contributed by atoms with Gasteiger partial charge in [-0.05, 0) is 12.8 Å². The molecule has 0 aliphatic rings. The summed E-state index contributed by atoms with van der Waals surface area (Å²) in [6.07, 6.45) is 40.5. The van der Waals surface area contributed by atoms with E-state index >= 15 is 0 Å². The van der Waals surface area contributed by atoms with Gasteiger partial charge in [-0.2, -0.15) is 0 Å². The smallest absolute Gasteiger partial charge is 0.229 e. The first-order chi connectivity index (χ1) is 20.7. The molecule has 0 spiro atoms. The lowest BCUT2D eigenvalue weighted by Crippen LogP contribution is -2.40. The molecule has 250 valence electrons. The van der Waals surface area contributed by atoms with Crippen LogP contribution in [0.5, 0.6) is 0 Å². The van der Waals surface area contributed by atoms with E-state index in [9.17, 15) is 9.59 Å². The van der Waals surface area contributed by atoms with Crippen molar-refractivity contribution in [1.29, 1.82) is 0 Å². The molecule has 0 aromatic heterocycles. The Morgan fingerprint density at radius 1 is 0.381 bits per heavy atom. The van der Waals surface area contributed by atoms with Crippen molar-refractivity contribution in [2.24, 2.45) is 5.73 Å². The molecule has 0 heterocycles. The van der Waals surface area contributed by atoms with Crippen LogP contribution in [0.25, 0.3) is 0 Å². The summed E-state index contributed by atoms with van der Waals surface area (Å²) in [4.78, 5) is 26.9. The van der Waals surface area contributed by atoms with E-state index in [1.54, 1.807) is 0 Å². The minimum Gasteiger partial charge on any atom is -0.329 e. The number of carbonyl (C=O) groups excluding carboxylic acids is 2. The van der Waals surface area contributed by atoms with Crippen LogP contribution in [0.1, 0.15) is 219 Å². The van der Waals surface area contributed by atoms with Gasteiger partial charge in [0.2, 0.25) is 11.8 Å².